The van der Waals surface area contributed by atoms with Gasteiger partial charge in [0.05, 0.1) is 50.7 Å². The Morgan fingerprint density at radius 3 is 1.19 bits per heavy atom. The number of nitrogens with zero attached hydrogens (tertiary/aromatic N) is 1. The number of likely N-dealkylation sites (tertiary alicyclic amines) is 1. The van der Waals surface area contributed by atoms with Gasteiger partial charge >= 0.3 is 5.97 Å². The minimum atomic E-state index is -0.809. The fourth-order valence-corrected chi connectivity index (χ4v) is 7.16. The van der Waals surface area contributed by atoms with E-state index >= 15 is 4.79 Å². The maximum Gasteiger partial charge on any atom is 0.338 e. The Balaban J connectivity index is 1.33. The van der Waals surface area contributed by atoms with Crippen LogP contribution >= 0.6 is 0 Å². The SMILES string of the molecule is O=C(OC[C@@H]1[C@H](OCc2ccccc2)[C@@H](OCc2ccccc2)[C@H](OCc2ccccc2)[C@@H](COCc2ccccc2)N1C(=O)c1ccccc1)c1ccccc1. The number of ether oxygens (including phenoxy) is 5. The summed E-state index contributed by atoms with van der Waals surface area (Å²) < 4.78 is 33.4. The Hall–Kier alpha value is -5.90. The van der Waals surface area contributed by atoms with Crippen LogP contribution in [-0.4, -0.2) is 60.4 Å². The van der Waals surface area contributed by atoms with Crippen molar-refractivity contribution in [1.29, 1.82) is 0 Å². The van der Waals surface area contributed by atoms with E-state index in [1.165, 1.54) is 0 Å². The highest BCUT2D eigenvalue weighted by Crippen LogP contribution is 2.35. The van der Waals surface area contributed by atoms with E-state index < -0.39 is 36.4 Å². The Morgan fingerprint density at radius 1 is 0.404 bits per heavy atom. The third-order valence-corrected chi connectivity index (χ3v) is 10.0. The Labute approximate surface area is 334 Å². The Bertz CT molecular complexity index is 2090. The molecule has 1 heterocycles. The maximum absolute atomic E-state index is 15.1. The quantitative estimate of drug-likeness (QED) is 0.0861. The predicted molar refractivity (Wildman–Crippen MR) is 218 cm³/mol. The zero-order valence-electron chi connectivity index (χ0n) is 31.8. The van der Waals surface area contributed by atoms with Crippen molar-refractivity contribution in [2.24, 2.45) is 0 Å². The predicted octanol–water partition coefficient (Wildman–Crippen LogP) is 8.71. The smallest absolute Gasteiger partial charge is 0.338 e. The molecule has 0 spiro atoms. The fourth-order valence-electron chi connectivity index (χ4n) is 7.16. The lowest BCUT2D eigenvalue weighted by Crippen LogP contribution is -2.71. The van der Waals surface area contributed by atoms with Gasteiger partial charge in [0.1, 0.15) is 24.9 Å². The van der Waals surface area contributed by atoms with Crippen molar-refractivity contribution >= 4 is 11.9 Å². The molecule has 5 atom stereocenters. The van der Waals surface area contributed by atoms with Gasteiger partial charge in [-0.1, -0.05) is 158 Å². The largest absolute Gasteiger partial charge is 0.460 e. The molecule has 8 nitrogen and oxygen atoms in total. The van der Waals surface area contributed by atoms with Crippen LogP contribution in [0.15, 0.2) is 182 Å². The monoisotopic (exact) mass is 761 g/mol. The van der Waals surface area contributed by atoms with E-state index in [-0.39, 0.29) is 38.9 Å². The number of hydrogen-bond acceptors (Lipinski definition) is 7. The first-order valence-corrected chi connectivity index (χ1v) is 19.3. The first kappa shape index (κ1) is 39.3. The van der Waals surface area contributed by atoms with Crippen LogP contribution in [0.25, 0.3) is 0 Å². The van der Waals surface area contributed by atoms with Crippen LogP contribution in [0.1, 0.15) is 43.0 Å². The van der Waals surface area contributed by atoms with Crippen LogP contribution in [0.3, 0.4) is 0 Å². The summed E-state index contributed by atoms with van der Waals surface area (Å²) in [4.78, 5) is 30.4. The van der Waals surface area contributed by atoms with Crippen LogP contribution in [0.2, 0.25) is 0 Å². The molecule has 0 bridgehead atoms. The van der Waals surface area contributed by atoms with E-state index in [9.17, 15) is 4.79 Å². The molecule has 0 radical (unpaired) electrons. The summed E-state index contributed by atoms with van der Waals surface area (Å²) in [7, 11) is 0. The number of carbonyl (C=O) groups is 2. The topological polar surface area (TPSA) is 83.5 Å². The molecule has 0 N–H and O–H groups in total. The highest BCUT2D eigenvalue weighted by Gasteiger charge is 2.54. The van der Waals surface area contributed by atoms with Crippen molar-refractivity contribution in [3.8, 4) is 0 Å². The molecule has 1 fully saturated rings. The molecule has 0 saturated carbocycles. The van der Waals surface area contributed by atoms with Gasteiger partial charge in [0.25, 0.3) is 5.91 Å². The molecule has 1 aliphatic heterocycles. The van der Waals surface area contributed by atoms with Crippen molar-refractivity contribution in [2.45, 2.75) is 56.8 Å². The van der Waals surface area contributed by atoms with Crippen molar-refractivity contribution in [2.75, 3.05) is 13.2 Å². The number of esters is 1. The maximum atomic E-state index is 15.1. The second-order valence-electron chi connectivity index (χ2n) is 14.0. The van der Waals surface area contributed by atoms with Gasteiger partial charge in [-0.05, 0) is 46.5 Å². The highest BCUT2D eigenvalue weighted by molar-refractivity contribution is 5.95. The summed E-state index contributed by atoms with van der Waals surface area (Å²) in [6, 6.07) is 56.0. The Morgan fingerprint density at radius 2 is 0.754 bits per heavy atom. The Kier molecular flexibility index (Phi) is 14.0. The average Bonchev–Trinajstić information content (AvgIpc) is 3.28. The van der Waals surface area contributed by atoms with Gasteiger partial charge in [0.2, 0.25) is 0 Å². The van der Waals surface area contributed by atoms with Crippen molar-refractivity contribution < 1.29 is 33.3 Å². The molecule has 6 aromatic carbocycles. The molecular formula is C49H47NO7. The second-order valence-corrected chi connectivity index (χ2v) is 14.0. The van der Waals surface area contributed by atoms with E-state index in [2.05, 4.69) is 0 Å². The van der Waals surface area contributed by atoms with Gasteiger partial charge in [-0.25, -0.2) is 4.79 Å². The lowest BCUT2D eigenvalue weighted by Gasteiger charge is -2.52. The summed E-state index contributed by atoms with van der Waals surface area (Å²) in [6.07, 6.45) is -2.28. The normalized spacial score (nSPS) is 19.2. The third kappa shape index (κ3) is 10.7. The molecule has 0 unspecified atom stereocenters. The van der Waals surface area contributed by atoms with Crippen LogP contribution in [0, 0.1) is 0 Å². The van der Waals surface area contributed by atoms with Crippen molar-refractivity contribution in [3.63, 3.8) is 0 Å². The lowest BCUT2D eigenvalue weighted by atomic mass is 9.86. The van der Waals surface area contributed by atoms with E-state index in [0.29, 0.717) is 17.7 Å². The van der Waals surface area contributed by atoms with Gasteiger partial charge in [-0.2, -0.15) is 0 Å². The van der Waals surface area contributed by atoms with Crippen LogP contribution in [-0.2, 0) is 50.1 Å². The van der Waals surface area contributed by atoms with Crippen LogP contribution in [0.4, 0.5) is 0 Å². The number of amides is 1. The molecule has 57 heavy (non-hydrogen) atoms. The molecule has 1 amide bonds. The van der Waals surface area contributed by atoms with E-state index in [4.69, 9.17) is 23.7 Å². The summed E-state index contributed by atoms with van der Waals surface area (Å²) in [5.74, 6) is -0.779. The second kappa shape index (κ2) is 20.3. The molecule has 0 aromatic heterocycles. The molecule has 7 rings (SSSR count). The van der Waals surface area contributed by atoms with Gasteiger partial charge in [-0.3, -0.25) is 4.79 Å². The minimum absolute atomic E-state index is 0.104. The third-order valence-electron chi connectivity index (χ3n) is 10.0. The lowest BCUT2D eigenvalue weighted by molar-refractivity contribution is -0.224. The molecule has 290 valence electrons. The standard InChI is InChI=1S/C49H47NO7/c51-48(41-27-15-5-16-28-41)50-43(35-53-31-37-19-7-1-8-20-37)45(54-32-38-21-9-2-10-22-38)47(56-34-40-25-13-4-14-26-40)46(55-33-39-23-11-3-12-24-39)44(50)36-57-49(52)42-29-17-6-18-30-42/h1-30,43-47H,31-36H2/t43-,44-,45-,46+,47+/m1/s1. The molecule has 8 heteroatoms. The first-order valence-electron chi connectivity index (χ1n) is 19.3. The molecule has 1 saturated heterocycles. The minimum Gasteiger partial charge on any atom is -0.460 e. The molecule has 0 aliphatic carbocycles. The zero-order chi connectivity index (χ0) is 39.1. The van der Waals surface area contributed by atoms with Crippen LogP contribution in [0.5, 0.6) is 0 Å². The molecule has 6 aromatic rings. The molecule has 1 aliphatic rings. The fraction of sp³-hybridized carbons (Fsp3) is 0.224. The van der Waals surface area contributed by atoms with E-state index in [0.717, 1.165) is 22.3 Å². The summed E-state index contributed by atoms with van der Waals surface area (Å²) in [5, 5.41) is 0. The number of hydrogen-bond donors (Lipinski definition) is 0. The highest BCUT2D eigenvalue weighted by atomic mass is 16.6. The summed E-state index contributed by atoms with van der Waals surface area (Å²) >= 11 is 0. The summed E-state index contributed by atoms with van der Waals surface area (Å²) in [6.45, 7) is 0.964. The number of rotatable bonds is 17. The average molecular weight is 762 g/mol. The number of carbonyl (C=O) groups excluding carboxylic acids is 2. The van der Waals surface area contributed by atoms with Crippen molar-refractivity contribution in [3.05, 3.63) is 215 Å². The van der Waals surface area contributed by atoms with Gasteiger partial charge in [0, 0.05) is 5.56 Å². The van der Waals surface area contributed by atoms with E-state index in [1.807, 2.05) is 146 Å². The molecular weight excluding hydrogens is 715 g/mol. The van der Waals surface area contributed by atoms with Gasteiger partial charge in [0.15, 0.2) is 0 Å². The zero-order valence-corrected chi connectivity index (χ0v) is 31.8. The van der Waals surface area contributed by atoms with E-state index in [1.54, 1.807) is 41.3 Å². The van der Waals surface area contributed by atoms with Gasteiger partial charge < -0.3 is 28.6 Å². The summed E-state index contributed by atoms with van der Waals surface area (Å²) in [5.41, 5.74) is 4.73. The van der Waals surface area contributed by atoms with Crippen LogP contribution < -0.4 is 0 Å². The number of piperidine rings is 1. The van der Waals surface area contributed by atoms with Gasteiger partial charge in [-0.15, -0.1) is 0 Å². The van der Waals surface area contributed by atoms with Crippen molar-refractivity contribution in [1.82, 2.24) is 4.90 Å². The first-order chi connectivity index (χ1) is 28.1. The number of benzene rings is 6.